The number of carbonyl (C=O) groups excluding carboxylic acids is 1. The van der Waals surface area contributed by atoms with Crippen LogP contribution in [0.25, 0.3) is 0 Å². The number of sulfone groups is 1. The molecule has 23 heavy (non-hydrogen) atoms. The van der Waals surface area contributed by atoms with Crippen molar-refractivity contribution in [2.75, 3.05) is 18.2 Å². The van der Waals surface area contributed by atoms with Crippen LogP contribution in [0.4, 0.5) is 5.69 Å². The number of anilines is 1. The van der Waals surface area contributed by atoms with Crippen molar-refractivity contribution in [3.8, 4) is 5.75 Å². The fourth-order valence-corrected chi connectivity index (χ4v) is 3.44. The Morgan fingerprint density at radius 3 is 2.48 bits per heavy atom. The third kappa shape index (κ3) is 4.97. The highest BCUT2D eigenvalue weighted by Crippen LogP contribution is 2.18. The van der Waals surface area contributed by atoms with E-state index >= 15 is 0 Å². The molecule has 5 nitrogen and oxygen atoms in total. The average Bonchev–Trinajstić information content (AvgIpc) is 2.54. The van der Waals surface area contributed by atoms with E-state index in [0.717, 1.165) is 0 Å². The maximum absolute atomic E-state index is 12.2. The summed E-state index contributed by atoms with van der Waals surface area (Å²) in [5.74, 6) is 0.0160. The third-order valence-electron chi connectivity index (χ3n) is 3.13. The van der Waals surface area contributed by atoms with Crippen LogP contribution in [0.3, 0.4) is 0 Å². The van der Waals surface area contributed by atoms with Crippen LogP contribution in [-0.2, 0) is 14.6 Å². The largest absolute Gasteiger partial charge is 0.497 e. The first-order valence-corrected chi connectivity index (χ1v) is 8.86. The molecule has 0 aromatic heterocycles. The van der Waals surface area contributed by atoms with Crippen molar-refractivity contribution in [2.45, 2.75) is 11.3 Å². The number of hydrogen-bond donors (Lipinski definition) is 1. The van der Waals surface area contributed by atoms with Crippen molar-refractivity contribution >= 4 is 33.0 Å². The molecular formula is C16H16ClNO4S. The van der Waals surface area contributed by atoms with Gasteiger partial charge in [0, 0.05) is 17.1 Å². The first kappa shape index (κ1) is 17.3. The second-order valence-electron chi connectivity index (χ2n) is 4.80. The number of carbonyl (C=O) groups is 1. The van der Waals surface area contributed by atoms with E-state index in [9.17, 15) is 13.2 Å². The number of ether oxygens (including phenoxy) is 1. The third-order valence-corrected chi connectivity index (χ3v) is 5.08. The Labute approximate surface area is 140 Å². The van der Waals surface area contributed by atoms with Crippen LogP contribution in [0, 0.1) is 0 Å². The molecule has 122 valence electrons. The van der Waals surface area contributed by atoms with Gasteiger partial charge in [-0.3, -0.25) is 4.79 Å². The molecule has 0 aliphatic carbocycles. The molecule has 0 aliphatic rings. The summed E-state index contributed by atoms with van der Waals surface area (Å²) in [4.78, 5) is 12.0. The van der Waals surface area contributed by atoms with Gasteiger partial charge in [-0.2, -0.15) is 0 Å². The average molecular weight is 354 g/mol. The Morgan fingerprint density at radius 2 is 1.87 bits per heavy atom. The van der Waals surface area contributed by atoms with Gasteiger partial charge in [0.2, 0.25) is 5.91 Å². The molecule has 0 aliphatic heterocycles. The van der Waals surface area contributed by atoms with E-state index in [1.807, 2.05) is 0 Å². The topological polar surface area (TPSA) is 72.5 Å². The van der Waals surface area contributed by atoms with Crippen LogP contribution in [0.2, 0.25) is 5.02 Å². The number of benzene rings is 2. The Kier molecular flexibility index (Phi) is 5.63. The number of hydrogen-bond acceptors (Lipinski definition) is 4. The van der Waals surface area contributed by atoms with Crippen LogP contribution >= 0.6 is 11.6 Å². The molecule has 0 heterocycles. The fourth-order valence-electron chi connectivity index (χ4n) is 1.90. The summed E-state index contributed by atoms with van der Waals surface area (Å²) in [5, 5.41) is 2.99. The molecule has 0 spiro atoms. The number of nitrogens with one attached hydrogen (secondary N) is 1. The lowest BCUT2D eigenvalue weighted by atomic mass is 10.3. The molecule has 2 aromatic rings. The number of halogens is 1. The van der Waals surface area contributed by atoms with E-state index in [2.05, 4.69) is 5.32 Å². The van der Waals surface area contributed by atoms with Gasteiger partial charge < -0.3 is 10.1 Å². The van der Waals surface area contributed by atoms with Crippen molar-refractivity contribution < 1.29 is 17.9 Å². The minimum Gasteiger partial charge on any atom is -0.497 e. The molecule has 2 rings (SSSR count). The predicted octanol–water partition coefficient (Wildman–Crippen LogP) is 3.15. The normalized spacial score (nSPS) is 11.0. The zero-order valence-corrected chi connectivity index (χ0v) is 14.0. The summed E-state index contributed by atoms with van der Waals surface area (Å²) in [6.45, 7) is 0. The summed E-state index contributed by atoms with van der Waals surface area (Å²) in [6.07, 6.45) is -0.138. The van der Waals surface area contributed by atoms with Gasteiger partial charge >= 0.3 is 0 Å². The highest BCUT2D eigenvalue weighted by molar-refractivity contribution is 7.91. The van der Waals surface area contributed by atoms with Crippen LogP contribution in [0.1, 0.15) is 6.42 Å². The van der Waals surface area contributed by atoms with Gasteiger partial charge in [-0.1, -0.05) is 17.7 Å². The van der Waals surface area contributed by atoms with Crippen LogP contribution in [-0.4, -0.2) is 27.2 Å². The van der Waals surface area contributed by atoms with E-state index in [1.165, 1.54) is 12.1 Å². The zero-order chi connectivity index (χ0) is 16.9. The highest BCUT2D eigenvalue weighted by atomic mass is 35.5. The monoisotopic (exact) mass is 353 g/mol. The molecular weight excluding hydrogens is 338 g/mol. The standard InChI is InChI=1S/C16H16ClNO4S/c1-22-14-7-5-13(6-8-14)18-16(19)9-10-23(20,21)15-4-2-3-12(17)11-15/h2-8,11H,9-10H2,1H3,(H,18,19). The van der Waals surface area contributed by atoms with Crippen LogP contribution in [0.5, 0.6) is 5.75 Å². The van der Waals surface area contributed by atoms with E-state index in [-0.39, 0.29) is 23.0 Å². The maximum Gasteiger partial charge on any atom is 0.225 e. The first-order chi connectivity index (χ1) is 10.9. The molecule has 1 N–H and O–H groups in total. The molecule has 7 heteroatoms. The lowest BCUT2D eigenvalue weighted by Gasteiger charge is -2.07. The van der Waals surface area contributed by atoms with Gasteiger partial charge in [-0.05, 0) is 42.5 Å². The number of methoxy groups -OCH3 is 1. The predicted molar refractivity (Wildman–Crippen MR) is 89.7 cm³/mol. The van der Waals surface area contributed by atoms with E-state index in [1.54, 1.807) is 43.5 Å². The van der Waals surface area contributed by atoms with E-state index in [0.29, 0.717) is 16.5 Å². The minimum absolute atomic E-state index is 0.113. The van der Waals surface area contributed by atoms with Gasteiger partial charge in [-0.15, -0.1) is 0 Å². The summed E-state index contributed by atoms with van der Waals surface area (Å²) in [6, 6.07) is 12.8. The lowest BCUT2D eigenvalue weighted by Crippen LogP contribution is -2.17. The maximum atomic E-state index is 12.2. The molecule has 1 amide bonds. The van der Waals surface area contributed by atoms with Gasteiger partial charge in [0.15, 0.2) is 9.84 Å². The summed E-state index contributed by atoms with van der Waals surface area (Å²) < 4.78 is 29.4. The quantitative estimate of drug-likeness (QED) is 0.865. The van der Waals surface area contributed by atoms with Crippen LogP contribution < -0.4 is 10.1 Å². The molecule has 0 radical (unpaired) electrons. The molecule has 2 aromatic carbocycles. The SMILES string of the molecule is COc1ccc(NC(=O)CCS(=O)(=O)c2cccc(Cl)c2)cc1. The summed E-state index contributed by atoms with van der Waals surface area (Å²) >= 11 is 5.79. The highest BCUT2D eigenvalue weighted by Gasteiger charge is 2.16. The van der Waals surface area contributed by atoms with Crippen molar-refractivity contribution in [2.24, 2.45) is 0 Å². The van der Waals surface area contributed by atoms with Crippen molar-refractivity contribution in [3.63, 3.8) is 0 Å². The van der Waals surface area contributed by atoms with Crippen molar-refractivity contribution in [1.82, 2.24) is 0 Å². The smallest absolute Gasteiger partial charge is 0.225 e. The lowest BCUT2D eigenvalue weighted by molar-refractivity contribution is -0.115. The van der Waals surface area contributed by atoms with Crippen molar-refractivity contribution in [1.29, 1.82) is 0 Å². The zero-order valence-electron chi connectivity index (χ0n) is 12.5. The van der Waals surface area contributed by atoms with Crippen LogP contribution in [0.15, 0.2) is 53.4 Å². The first-order valence-electron chi connectivity index (χ1n) is 6.83. The van der Waals surface area contributed by atoms with Gasteiger partial charge in [0.25, 0.3) is 0 Å². The molecule has 0 unspecified atom stereocenters. The second-order valence-corrected chi connectivity index (χ2v) is 7.35. The Morgan fingerprint density at radius 1 is 1.17 bits per heavy atom. The number of amides is 1. The minimum atomic E-state index is -3.55. The molecule has 0 bridgehead atoms. The summed E-state index contributed by atoms with van der Waals surface area (Å²) in [5.41, 5.74) is 0.580. The summed E-state index contributed by atoms with van der Waals surface area (Å²) in [7, 11) is -2.00. The van der Waals surface area contributed by atoms with Gasteiger partial charge in [0.05, 0.1) is 17.8 Å². The second kappa shape index (κ2) is 7.48. The molecule has 0 atom stereocenters. The Hall–Kier alpha value is -2.05. The Bertz CT molecular complexity index is 788. The van der Waals surface area contributed by atoms with Gasteiger partial charge in [0.1, 0.15) is 5.75 Å². The fraction of sp³-hybridized carbons (Fsp3) is 0.188. The van der Waals surface area contributed by atoms with E-state index in [4.69, 9.17) is 16.3 Å². The Balaban J connectivity index is 1.95. The molecule has 0 fully saturated rings. The number of rotatable bonds is 6. The van der Waals surface area contributed by atoms with Crippen molar-refractivity contribution in [3.05, 3.63) is 53.6 Å². The molecule has 0 saturated heterocycles. The van der Waals surface area contributed by atoms with Gasteiger partial charge in [-0.25, -0.2) is 8.42 Å². The van der Waals surface area contributed by atoms with E-state index < -0.39 is 9.84 Å². The molecule has 0 saturated carbocycles.